The average Bonchev–Trinajstić information content (AvgIpc) is 2.52. The third-order valence-electron chi connectivity index (χ3n) is 15.8. The Kier molecular flexibility index (Phi) is 38.6. The number of rotatable bonds is 42. The normalized spacial score (nSPS) is 11.7. The summed E-state index contributed by atoms with van der Waals surface area (Å²) in [4.78, 5) is 77.5. The summed E-state index contributed by atoms with van der Waals surface area (Å²) < 4.78 is 16.4. The van der Waals surface area contributed by atoms with Gasteiger partial charge in [0.25, 0.3) is 17.7 Å². The van der Waals surface area contributed by atoms with E-state index < -0.39 is 53.8 Å². The lowest BCUT2D eigenvalue weighted by atomic mass is 10.0. The second kappa shape index (κ2) is 46.5. The van der Waals surface area contributed by atoms with E-state index in [0.29, 0.717) is 69.9 Å². The minimum Gasteiger partial charge on any atom is -0.464 e. The fraction of sp³-hybridized carbons (Fsp3) is 0.538. The van der Waals surface area contributed by atoms with Gasteiger partial charge in [-0.1, -0.05) is 230 Å². The Labute approximate surface area is 540 Å². The zero-order chi connectivity index (χ0) is 64.8. The highest BCUT2D eigenvalue weighted by Gasteiger charge is 2.21. The first-order chi connectivity index (χ1) is 43.8. The summed E-state index contributed by atoms with van der Waals surface area (Å²) in [7, 11) is 0. The molecule has 12 nitrogen and oxygen atoms in total. The molecule has 3 atom stereocenters. The van der Waals surface area contributed by atoms with E-state index in [9.17, 15) is 28.8 Å². The zero-order valence-corrected chi connectivity index (χ0v) is 55.4. The lowest BCUT2D eigenvalue weighted by Crippen LogP contribution is -2.39. The van der Waals surface area contributed by atoms with Crippen LogP contribution in [0.5, 0.6) is 0 Å². The van der Waals surface area contributed by atoms with Gasteiger partial charge in [0.1, 0.15) is 18.1 Å². The molecule has 0 aromatic heterocycles. The van der Waals surface area contributed by atoms with E-state index in [2.05, 4.69) is 72.2 Å². The first kappa shape index (κ1) is 74.8. The van der Waals surface area contributed by atoms with Gasteiger partial charge in [0.05, 0.1) is 19.8 Å². The molecule has 0 spiro atoms. The maximum atomic E-state index is 13.2. The molecule has 486 valence electrons. The van der Waals surface area contributed by atoms with Crippen molar-refractivity contribution < 1.29 is 43.0 Å². The van der Waals surface area contributed by atoms with Crippen LogP contribution in [0.3, 0.4) is 0 Å². The van der Waals surface area contributed by atoms with Gasteiger partial charge in [0.15, 0.2) is 0 Å². The third kappa shape index (κ3) is 32.7. The first-order valence-electron chi connectivity index (χ1n) is 34.2. The Morgan fingerprint density at radius 2 is 0.478 bits per heavy atom. The van der Waals surface area contributed by atoms with Gasteiger partial charge in [-0.3, -0.25) is 14.4 Å². The topological polar surface area (TPSA) is 166 Å². The number of esters is 3. The Balaban J connectivity index is 1.38. The van der Waals surface area contributed by atoms with E-state index >= 15 is 0 Å². The van der Waals surface area contributed by atoms with E-state index in [1.165, 1.54) is 135 Å². The molecule has 90 heavy (non-hydrogen) atoms. The third-order valence-corrected chi connectivity index (χ3v) is 15.8. The first-order valence-corrected chi connectivity index (χ1v) is 34.2. The summed E-state index contributed by atoms with van der Waals surface area (Å²) in [6, 6.07) is 23.6. The van der Waals surface area contributed by atoms with Gasteiger partial charge in [-0.25, -0.2) is 14.4 Å². The quantitative estimate of drug-likeness (QED) is 0.0169. The second-order valence-corrected chi connectivity index (χ2v) is 23.9. The molecule has 0 heterocycles. The van der Waals surface area contributed by atoms with Crippen LogP contribution in [0.15, 0.2) is 91.0 Å². The van der Waals surface area contributed by atoms with Crippen LogP contribution in [0.25, 0.3) is 0 Å². The van der Waals surface area contributed by atoms with Crippen molar-refractivity contribution in [1.82, 2.24) is 16.0 Å². The highest BCUT2D eigenvalue weighted by molar-refractivity contribution is 5.98. The van der Waals surface area contributed by atoms with Crippen molar-refractivity contribution in [1.29, 1.82) is 0 Å². The molecule has 0 saturated carbocycles. The van der Waals surface area contributed by atoms with Gasteiger partial charge in [-0.05, 0) is 131 Å². The fourth-order valence-electron chi connectivity index (χ4n) is 10.1. The molecule has 3 N–H and O–H groups in total. The lowest BCUT2D eigenvalue weighted by molar-refractivity contribution is -0.146. The molecule has 4 aromatic carbocycles. The molecular weight excluding hydrogens is 1120 g/mol. The van der Waals surface area contributed by atoms with Crippen molar-refractivity contribution in [2.45, 2.75) is 252 Å². The van der Waals surface area contributed by atoms with Gasteiger partial charge < -0.3 is 30.2 Å². The Morgan fingerprint density at radius 3 is 0.689 bits per heavy atom. The van der Waals surface area contributed by atoms with Crippen molar-refractivity contribution in [2.75, 3.05) is 19.8 Å². The van der Waals surface area contributed by atoms with Crippen molar-refractivity contribution in [3.63, 3.8) is 0 Å². The minimum absolute atomic E-state index is 0.333. The SMILES string of the molecule is CCCCCCCCCCCCOC(=O)[C@H](C)NC(=O)c1ccc(C#Cc2cc(C#Cc3ccc(C(=O)N[C@@H](C)C(=O)OCCCCCCCCCCCC)cc3)cc(C#Cc3ccc(C(=O)N[C@@H](C)C(=O)OCCCCCCCCCCCC)cc3)c2)cc1. The van der Waals surface area contributed by atoms with Gasteiger partial charge in [0, 0.05) is 50.1 Å². The van der Waals surface area contributed by atoms with Crippen molar-refractivity contribution in [3.8, 4) is 35.5 Å². The number of nitrogens with one attached hydrogen (secondary N) is 3. The van der Waals surface area contributed by atoms with Gasteiger partial charge in [-0.15, -0.1) is 0 Å². The van der Waals surface area contributed by atoms with E-state index in [1.807, 2.05) is 18.2 Å². The molecule has 0 aliphatic rings. The van der Waals surface area contributed by atoms with E-state index in [-0.39, 0.29) is 0 Å². The summed E-state index contributed by atoms with van der Waals surface area (Å²) >= 11 is 0. The fourth-order valence-corrected chi connectivity index (χ4v) is 10.1. The van der Waals surface area contributed by atoms with Crippen LogP contribution in [-0.2, 0) is 28.6 Å². The van der Waals surface area contributed by atoms with Crippen molar-refractivity contribution >= 4 is 35.6 Å². The number of benzene rings is 4. The number of ether oxygens (including phenoxy) is 3. The summed E-state index contributed by atoms with van der Waals surface area (Å²) in [6.07, 6.45) is 35.6. The standard InChI is InChI=1S/C78H105N3O9/c1-7-10-13-16-19-22-25-28-31-34-55-88-76(85)61(4)79-73(82)70-49-43-64(44-50-70)37-40-67-58-68(41-38-65-45-51-71(52-46-65)74(83)80-62(5)77(86)89-56-35-32-29-26-23-20-17-14-11-8-2)60-69(59-67)42-39-66-47-53-72(54-48-66)75(84)81-63(6)78(87)90-57-36-33-30-27-24-21-18-15-12-9-3/h43-54,58-63H,7-36,55-57H2,1-6H3,(H,79,82)(H,80,83)(H,81,84)/t61-,62-,63-/m0/s1. The monoisotopic (exact) mass is 1230 g/mol. The number of amides is 3. The van der Waals surface area contributed by atoms with Crippen LogP contribution >= 0.6 is 0 Å². The molecule has 0 saturated heterocycles. The molecule has 12 heteroatoms. The van der Waals surface area contributed by atoms with Crippen molar-refractivity contribution in [2.24, 2.45) is 0 Å². The van der Waals surface area contributed by atoms with E-state index in [0.717, 1.165) is 57.8 Å². The maximum absolute atomic E-state index is 13.2. The smallest absolute Gasteiger partial charge is 0.328 e. The van der Waals surface area contributed by atoms with Crippen LogP contribution in [0.1, 0.15) is 299 Å². The number of carbonyl (C=O) groups is 6. The van der Waals surface area contributed by atoms with Gasteiger partial charge >= 0.3 is 17.9 Å². The molecule has 0 fully saturated rings. The molecule has 0 bridgehead atoms. The molecule has 4 rings (SSSR count). The number of unbranched alkanes of at least 4 members (excludes halogenated alkanes) is 27. The van der Waals surface area contributed by atoms with Gasteiger partial charge in [0.2, 0.25) is 0 Å². The Bertz CT molecular complexity index is 2620. The summed E-state index contributed by atoms with van der Waals surface area (Å²) in [5, 5.41) is 8.25. The van der Waals surface area contributed by atoms with Crippen LogP contribution in [0.2, 0.25) is 0 Å². The molecule has 0 aliphatic carbocycles. The summed E-state index contributed by atoms with van der Waals surface area (Å²) in [5.41, 5.74) is 4.97. The predicted molar refractivity (Wildman–Crippen MR) is 363 cm³/mol. The lowest BCUT2D eigenvalue weighted by Gasteiger charge is -2.13. The van der Waals surface area contributed by atoms with Crippen LogP contribution in [0.4, 0.5) is 0 Å². The highest BCUT2D eigenvalue weighted by atomic mass is 16.5. The minimum atomic E-state index is -0.808. The van der Waals surface area contributed by atoms with Crippen LogP contribution < -0.4 is 16.0 Å². The zero-order valence-electron chi connectivity index (χ0n) is 55.4. The number of hydrogen-bond donors (Lipinski definition) is 3. The molecule has 0 aliphatic heterocycles. The summed E-state index contributed by atoms with van der Waals surface area (Å²) in [6.45, 7) is 12.6. The predicted octanol–water partition coefficient (Wildman–Crippen LogP) is 16.6. The highest BCUT2D eigenvalue weighted by Crippen LogP contribution is 2.16. The maximum Gasteiger partial charge on any atom is 0.328 e. The molecule has 3 amide bonds. The number of hydrogen-bond acceptors (Lipinski definition) is 9. The van der Waals surface area contributed by atoms with Crippen molar-refractivity contribution in [3.05, 3.63) is 141 Å². The van der Waals surface area contributed by atoms with E-state index in [4.69, 9.17) is 14.2 Å². The molecule has 4 aromatic rings. The molecule has 0 unspecified atom stereocenters. The van der Waals surface area contributed by atoms with Crippen LogP contribution in [-0.4, -0.2) is 73.6 Å². The van der Waals surface area contributed by atoms with Gasteiger partial charge in [-0.2, -0.15) is 0 Å². The Morgan fingerprint density at radius 1 is 0.289 bits per heavy atom. The largest absolute Gasteiger partial charge is 0.464 e. The Hall–Kier alpha value is -7.62. The van der Waals surface area contributed by atoms with E-state index in [1.54, 1.807) is 93.6 Å². The second-order valence-electron chi connectivity index (χ2n) is 23.9. The average molecular weight is 1230 g/mol. The number of carbonyl (C=O) groups excluding carboxylic acids is 6. The van der Waals surface area contributed by atoms with Crippen LogP contribution in [0, 0.1) is 35.5 Å². The molecular formula is C78H105N3O9. The molecule has 0 radical (unpaired) electrons. The summed E-state index contributed by atoms with van der Waals surface area (Å²) in [5.74, 6) is 16.6.